The van der Waals surface area contributed by atoms with Crippen molar-refractivity contribution in [3.8, 4) is 11.4 Å². The molecule has 0 atom stereocenters. The number of aromatic nitrogens is 3. The summed E-state index contributed by atoms with van der Waals surface area (Å²) in [5, 5.41) is 1.27. The molecular weight excluding hydrogens is 506 g/mol. The van der Waals surface area contributed by atoms with E-state index >= 15 is 0 Å². The molecule has 0 aliphatic carbocycles. The fraction of sp³-hybridized carbons (Fsp3) is 0.333. The Labute approximate surface area is 223 Å². The standard InChI is InChI=1S/C27H29N5O5S/c1-3-36-19-11-9-18(10-12-19)32-25(34)24-23(20-7-5-6-8-21(20)28-24)29-26(32)38-17-22(33)30-13-15-31(16-14-30)27(35)37-4-2/h5-12,28H,3-4,13-17H2,1-2H3. The predicted molar refractivity (Wildman–Crippen MR) is 146 cm³/mol. The molecule has 0 unspecified atom stereocenters. The smallest absolute Gasteiger partial charge is 0.409 e. The van der Waals surface area contributed by atoms with E-state index in [2.05, 4.69) is 4.98 Å². The van der Waals surface area contributed by atoms with Crippen molar-refractivity contribution in [3.05, 3.63) is 58.9 Å². The molecule has 1 aliphatic rings. The van der Waals surface area contributed by atoms with Crippen molar-refractivity contribution in [2.75, 3.05) is 45.1 Å². The second-order valence-electron chi connectivity index (χ2n) is 8.71. The van der Waals surface area contributed by atoms with Gasteiger partial charge in [-0.05, 0) is 44.2 Å². The lowest BCUT2D eigenvalue weighted by Gasteiger charge is -2.34. The van der Waals surface area contributed by atoms with Gasteiger partial charge in [-0.25, -0.2) is 9.78 Å². The number of rotatable bonds is 7. The molecule has 10 nitrogen and oxygen atoms in total. The Kier molecular flexibility index (Phi) is 7.54. The van der Waals surface area contributed by atoms with E-state index < -0.39 is 0 Å². The summed E-state index contributed by atoms with van der Waals surface area (Å²) in [6.07, 6.45) is -0.357. The van der Waals surface area contributed by atoms with Crippen molar-refractivity contribution < 1.29 is 19.1 Å². The highest BCUT2D eigenvalue weighted by Gasteiger charge is 2.25. The first kappa shape index (κ1) is 25.7. The van der Waals surface area contributed by atoms with Crippen molar-refractivity contribution in [3.63, 3.8) is 0 Å². The number of carbonyl (C=O) groups is 2. The van der Waals surface area contributed by atoms with E-state index in [4.69, 9.17) is 14.5 Å². The third-order valence-electron chi connectivity index (χ3n) is 6.38. The topological polar surface area (TPSA) is 110 Å². The van der Waals surface area contributed by atoms with Crippen molar-refractivity contribution >= 4 is 45.7 Å². The zero-order chi connectivity index (χ0) is 26.6. The normalized spacial score (nSPS) is 13.7. The minimum Gasteiger partial charge on any atom is -0.494 e. The predicted octanol–water partition coefficient (Wildman–Crippen LogP) is 3.66. The van der Waals surface area contributed by atoms with Gasteiger partial charge in [-0.3, -0.25) is 14.2 Å². The van der Waals surface area contributed by atoms with Crippen LogP contribution >= 0.6 is 11.8 Å². The molecule has 38 heavy (non-hydrogen) atoms. The molecule has 0 radical (unpaired) electrons. The van der Waals surface area contributed by atoms with Gasteiger partial charge >= 0.3 is 6.09 Å². The number of H-pyrrole nitrogens is 1. The summed E-state index contributed by atoms with van der Waals surface area (Å²) in [4.78, 5) is 50.2. The van der Waals surface area contributed by atoms with Crippen LogP contribution in [0.2, 0.25) is 0 Å². The SMILES string of the molecule is CCOC(=O)N1CCN(C(=O)CSc2nc3c([nH]c4ccccc43)c(=O)n2-c2ccc(OCC)cc2)CC1. The molecule has 2 aromatic carbocycles. The number of thioether (sulfide) groups is 1. The molecule has 0 spiro atoms. The number of benzene rings is 2. The van der Waals surface area contributed by atoms with E-state index in [1.807, 2.05) is 55.5 Å². The molecule has 5 rings (SSSR count). The Balaban J connectivity index is 1.43. The van der Waals surface area contributed by atoms with E-state index in [9.17, 15) is 14.4 Å². The molecule has 2 amide bonds. The number of amides is 2. The molecule has 1 saturated heterocycles. The maximum atomic E-state index is 13.7. The first-order chi connectivity index (χ1) is 18.5. The van der Waals surface area contributed by atoms with E-state index in [0.29, 0.717) is 67.0 Å². The van der Waals surface area contributed by atoms with Gasteiger partial charge < -0.3 is 24.3 Å². The van der Waals surface area contributed by atoms with Gasteiger partial charge in [-0.15, -0.1) is 0 Å². The van der Waals surface area contributed by atoms with Gasteiger partial charge in [0.2, 0.25) is 5.91 Å². The molecule has 0 saturated carbocycles. The average molecular weight is 536 g/mol. The summed E-state index contributed by atoms with van der Waals surface area (Å²) < 4.78 is 12.1. The highest BCUT2D eigenvalue weighted by Crippen LogP contribution is 2.27. The number of carbonyl (C=O) groups excluding carboxylic acids is 2. The zero-order valence-electron chi connectivity index (χ0n) is 21.3. The summed E-state index contributed by atoms with van der Waals surface area (Å²) in [7, 11) is 0. The minimum absolute atomic E-state index is 0.0787. The van der Waals surface area contributed by atoms with Crippen LogP contribution in [0.25, 0.3) is 27.6 Å². The number of aromatic amines is 1. The molecule has 11 heteroatoms. The number of para-hydroxylation sites is 1. The lowest BCUT2D eigenvalue weighted by atomic mass is 10.2. The summed E-state index contributed by atoms with van der Waals surface area (Å²) >= 11 is 1.22. The lowest BCUT2D eigenvalue weighted by molar-refractivity contribution is -0.129. The highest BCUT2D eigenvalue weighted by molar-refractivity contribution is 7.99. The fourth-order valence-corrected chi connectivity index (χ4v) is 5.40. The summed E-state index contributed by atoms with van der Waals surface area (Å²) in [6, 6.07) is 14.9. The molecule has 1 N–H and O–H groups in total. The molecule has 198 valence electrons. The van der Waals surface area contributed by atoms with Gasteiger partial charge in [0.15, 0.2) is 5.16 Å². The monoisotopic (exact) mass is 535 g/mol. The Morgan fingerprint density at radius 1 is 0.974 bits per heavy atom. The summed E-state index contributed by atoms with van der Waals surface area (Å²) in [6.45, 7) is 6.24. The van der Waals surface area contributed by atoms with Gasteiger partial charge in [-0.1, -0.05) is 30.0 Å². The minimum atomic E-state index is -0.357. The zero-order valence-corrected chi connectivity index (χ0v) is 22.1. The number of nitrogens with zero attached hydrogens (tertiary/aromatic N) is 4. The number of ether oxygens (including phenoxy) is 2. The molecular formula is C27H29N5O5S. The van der Waals surface area contributed by atoms with Gasteiger partial charge in [0, 0.05) is 37.1 Å². The molecule has 3 heterocycles. The van der Waals surface area contributed by atoms with Crippen molar-refractivity contribution in [1.29, 1.82) is 0 Å². The van der Waals surface area contributed by atoms with E-state index in [1.54, 1.807) is 16.7 Å². The van der Waals surface area contributed by atoms with Crippen LogP contribution in [0.5, 0.6) is 5.75 Å². The third-order valence-corrected chi connectivity index (χ3v) is 7.31. The Bertz CT molecular complexity index is 1520. The Morgan fingerprint density at radius 2 is 1.68 bits per heavy atom. The van der Waals surface area contributed by atoms with Crippen molar-refractivity contribution in [2.24, 2.45) is 0 Å². The van der Waals surface area contributed by atoms with Gasteiger partial charge in [0.05, 0.1) is 24.7 Å². The highest BCUT2D eigenvalue weighted by atomic mass is 32.2. The van der Waals surface area contributed by atoms with Crippen LogP contribution in [-0.4, -0.2) is 81.5 Å². The third kappa shape index (κ3) is 5.06. The van der Waals surface area contributed by atoms with Gasteiger partial charge in [0.1, 0.15) is 16.8 Å². The average Bonchev–Trinajstić information content (AvgIpc) is 3.32. The quantitative estimate of drug-likeness (QED) is 0.284. The van der Waals surface area contributed by atoms with Crippen LogP contribution in [0.3, 0.4) is 0 Å². The van der Waals surface area contributed by atoms with E-state index in [0.717, 1.165) is 10.9 Å². The van der Waals surface area contributed by atoms with Crippen LogP contribution in [0.15, 0.2) is 58.5 Å². The molecule has 1 fully saturated rings. The maximum Gasteiger partial charge on any atom is 0.409 e. The van der Waals surface area contributed by atoms with Crippen molar-refractivity contribution in [2.45, 2.75) is 19.0 Å². The molecule has 1 aliphatic heterocycles. The Morgan fingerprint density at radius 3 is 2.39 bits per heavy atom. The van der Waals surface area contributed by atoms with Crippen molar-refractivity contribution in [1.82, 2.24) is 24.3 Å². The molecule has 4 aromatic rings. The number of piperazine rings is 1. The summed E-state index contributed by atoms with van der Waals surface area (Å²) in [5.74, 6) is 0.733. The largest absolute Gasteiger partial charge is 0.494 e. The number of nitrogens with one attached hydrogen (secondary N) is 1. The van der Waals surface area contributed by atoms with E-state index in [-0.39, 0.29) is 23.3 Å². The van der Waals surface area contributed by atoms with Gasteiger partial charge in [-0.2, -0.15) is 0 Å². The second kappa shape index (κ2) is 11.2. The number of fused-ring (bicyclic) bond motifs is 3. The van der Waals surface area contributed by atoms with Crippen LogP contribution in [0, 0.1) is 0 Å². The van der Waals surface area contributed by atoms with Gasteiger partial charge in [0.25, 0.3) is 5.56 Å². The number of hydrogen-bond donors (Lipinski definition) is 1. The maximum absolute atomic E-state index is 13.7. The second-order valence-corrected chi connectivity index (χ2v) is 9.65. The first-order valence-corrected chi connectivity index (χ1v) is 13.6. The van der Waals surface area contributed by atoms with Crippen LogP contribution in [0.1, 0.15) is 13.8 Å². The fourth-order valence-electron chi connectivity index (χ4n) is 4.50. The molecule has 0 bridgehead atoms. The number of hydrogen-bond acceptors (Lipinski definition) is 7. The van der Waals surface area contributed by atoms with E-state index in [1.165, 1.54) is 16.3 Å². The van der Waals surface area contributed by atoms with Crippen LogP contribution in [0.4, 0.5) is 4.79 Å². The summed E-state index contributed by atoms with van der Waals surface area (Å²) in [5.41, 5.74) is 2.19. The first-order valence-electron chi connectivity index (χ1n) is 12.6. The Hall–Kier alpha value is -3.99. The van der Waals surface area contributed by atoms with Crippen LogP contribution in [-0.2, 0) is 9.53 Å². The molecule has 2 aromatic heterocycles. The van der Waals surface area contributed by atoms with Crippen LogP contribution < -0.4 is 10.3 Å². The lowest BCUT2D eigenvalue weighted by Crippen LogP contribution is -2.51.